The summed E-state index contributed by atoms with van der Waals surface area (Å²) in [5.74, 6) is 0.425. The second-order valence-electron chi connectivity index (χ2n) is 7.53. The van der Waals surface area contributed by atoms with Gasteiger partial charge in [-0.25, -0.2) is 9.18 Å². The number of carbonyl (C=O) groups is 2. The number of ether oxygens (including phenoxy) is 1. The summed E-state index contributed by atoms with van der Waals surface area (Å²) < 4.78 is 23.2. The van der Waals surface area contributed by atoms with Crippen molar-refractivity contribution in [2.75, 3.05) is 20.2 Å². The van der Waals surface area contributed by atoms with Gasteiger partial charge in [0, 0.05) is 30.6 Å². The van der Waals surface area contributed by atoms with Crippen LogP contribution < -0.4 is 0 Å². The monoisotopic (exact) mass is 423 g/mol. The lowest BCUT2D eigenvalue weighted by Gasteiger charge is -2.31. The lowest BCUT2D eigenvalue weighted by molar-refractivity contribution is 0.0600. The molecule has 31 heavy (non-hydrogen) atoms. The van der Waals surface area contributed by atoms with Gasteiger partial charge >= 0.3 is 5.97 Å². The number of esters is 1. The predicted octanol–water partition coefficient (Wildman–Crippen LogP) is 3.76. The second kappa shape index (κ2) is 9.07. The van der Waals surface area contributed by atoms with E-state index >= 15 is 0 Å². The molecular formula is C23H22FN3O4. The summed E-state index contributed by atoms with van der Waals surface area (Å²) in [6.07, 6.45) is 2.27. The molecule has 0 saturated carbocycles. The molecule has 1 aliphatic rings. The van der Waals surface area contributed by atoms with E-state index in [1.54, 1.807) is 41.3 Å². The van der Waals surface area contributed by atoms with Gasteiger partial charge in [0.25, 0.3) is 5.91 Å². The maximum atomic E-state index is 13.1. The molecule has 0 spiro atoms. The number of hydrogen-bond donors (Lipinski definition) is 0. The van der Waals surface area contributed by atoms with Gasteiger partial charge in [-0.15, -0.1) is 0 Å². The van der Waals surface area contributed by atoms with Gasteiger partial charge in [-0.05, 0) is 61.2 Å². The maximum Gasteiger partial charge on any atom is 0.337 e. The lowest BCUT2D eigenvalue weighted by atomic mass is 9.93. The number of halogens is 1. The molecule has 0 unspecified atom stereocenters. The van der Waals surface area contributed by atoms with Gasteiger partial charge in [0.15, 0.2) is 0 Å². The first-order chi connectivity index (χ1) is 15.0. The van der Waals surface area contributed by atoms with E-state index in [1.807, 2.05) is 0 Å². The van der Waals surface area contributed by atoms with E-state index < -0.39 is 5.97 Å². The first-order valence-corrected chi connectivity index (χ1v) is 10.1. The number of amides is 1. The van der Waals surface area contributed by atoms with Gasteiger partial charge in [-0.1, -0.05) is 11.2 Å². The van der Waals surface area contributed by atoms with Gasteiger partial charge in [-0.3, -0.25) is 4.79 Å². The van der Waals surface area contributed by atoms with E-state index in [0.29, 0.717) is 53.8 Å². The van der Waals surface area contributed by atoms with E-state index in [-0.39, 0.29) is 11.7 Å². The van der Waals surface area contributed by atoms with Crippen molar-refractivity contribution in [1.29, 1.82) is 0 Å². The first-order valence-electron chi connectivity index (χ1n) is 10.1. The van der Waals surface area contributed by atoms with E-state index in [1.165, 1.54) is 19.2 Å². The topological polar surface area (TPSA) is 85.5 Å². The van der Waals surface area contributed by atoms with Crippen LogP contribution in [-0.2, 0) is 11.2 Å². The fraction of sp³-hybridized carbons (Fsp3) is 0.304. The SMILES string of the molecule is COC(=O)c1cccc(C(=O)N2CCC(Cc3nc(-c4ccc(F)cc4)no3)CC2)c1. The molecule has 0 bridgehead atoms. The number of aromatic nitrogens is 2. The van der Waals surface area contributed by atoms with Crippen LogP contribution in [0.1, 0.15) is 39.4 Å². The average Bonchev–Trinajstić information content (AvgIpc) is 3.27. The Bertz CT molecular complexity index is 1070. The fourth-order valence-corrected chi connectivity index (χ4v) is 3.72. The van der Waals surface area contributed by atoms with E-state index in [2.05, 4.69) is 10.1 Å². The minimum atomic E-state index is -0.465. The van der Waals surface area contributed by atoms with Gasteiger partial charge in [0.2, 0.25) is 11.7 Å². The molecule has 7 nitrogen and oxygen atoms in total. The quantitative estimate of drug-likeness (QED) is 0.581. The van der Waals surface area contributed by atoms with Crippen molar-refractivity contribution in [3.05, 3.63) is 71.4 Å². The number of benzene rings is 2. The highest BCUT2D eigenvalue weighted by Crippen LogP contribution is 2.24. The van der Waals surface area contributed by atoms with E-state index in [9.17, 15) is 14.0 Å². The van der Waals surface area contributed by atoms with Crippen LogP contribution in [-0.4, -0.2) is 47.1 Å². The molecule has 4 rings (SSSR count). The Morgan fingerprint density at radius 1 is 1.13 bits per heavy atom. The minimum absolute atomic E-state index is 0.0967. The molecular weight excluding hydrogens is 401 g/mol. The van der Waals surface area contributed by atoms with Crippen molar-refractivity contribution < 1.29 is 23.2 Å². The summed E-state index contributed by atoms with van der Waals surface area (Å²) in [7, 11) is 1.31. The van der Waals surface area contributed by atoms with Gasteiger partial charge in [0.05, 0.1) is 12.7 Å². The Balaban J connectivity index is 1.33. The van der Waals surface area contributed by atoms with Crippen LogP contribution in [0.4, 0.5) is 4.39 Å². The highest BCUT2D eigenvalue weighted by molar-refractivity contribution is 5.97. The largest absolute Gasteiger partial charge is 0.465 e. The van der Waals surface area contributed by atoms with E-state index in [0.717, 1.165) is 12.8 Å². The molecule has 0 atom stereocenters. The Kier molecular flexibility index (Phi) is 6.06. The number of hydrogen-bond acceptors (Lipinski definition) is 6. The zero-order valence-electron chi connectivity index (χ0n) is 17.1. The maximum absolute atomic E-state index is 13.1. The molecule has 1 amide bonds. The number of methoxy groups -OCH3 is 1. The normalized spacial score (nSPS) is 14.5. The number of nitrogens with zero attached hydrogens (tertiary/aromatic N) is 3. The molecule has 3 aromatic rings. The van der Waals surface area contributed by atoms with E-state index in [4.69, 9.17) is 9.26 Å². The van der Waals surface area contributed by atoms with Crippen molar-refractivity contribution >= 4 is 11.9 Å². The second-order valence-corrected chi connectivity index (χ2v) is 7.53. The third kappa shape index (κ3) is 4.79. The number of rotatable bonds is 5. The molecule has 1 fully saturated rings. The molecule has 0 N–H and O–H groups in total. The van der Waals surface area contributed by atoms with Crippen molar-refractivity contribution in [1.82, 2.24) is 15.0 Å². The van der Waals surface area contributed by atoms with Crippen LogP contribution in [0, 0.1) is 11.7 Å². The molecule has 1 aliphatic heterocycles. The zero-order chi connectivity index (χ0) is 21.8. The minimum Gasteiger partial charge on any atom is -0.465 e. The highest BCUT2D eigenvalue weighted by Gasteiger charge is 2.26. The third-order valence-corrected chi connectivity index (χ3v) is 5.47. The third-order valence-electron chi connectivity index (χ3n) is 5.47. The number of likely N-dealkylation sites (tertiary alicyclic amines) is 1. The molecule has 8 heteroatoms. The Hall–Kier alpha value is -3.55. The lowest BCUT2D eigenvalue weighted by Crippen LogP contribution is -2.39. The molecule has 1 aromatic heterocycles. The number of carbonyl (C=O) groups excluding carboxylic acids is 2. The summed E-state index contributed by atoms with van der Waals surface area (Å²) in [4.78, 5) is 30.7. The van der Waals surface area contributed by atoms with Crippen LogP contribution in [0.25, 0.3) is 11.4 Å². The van der Waals surface area contributed by atoms with Crippen molar-refractivity contribution in [3.63, 3.8) is 0 Å². The Morgan fingerprint density at radius 3 is 2.55 bits per heavy atom. The number of piperidine rings is 1. The predicted molar refractivity (Wildman–Crippen MR) is 110 cm³/mol. The van der Waals surface area contributed by atoms with Crippen LogP contribution >= 0.6 is 0 Å². The molecule has 2 aromatic carbocycles. The Labute approximate surface area is 178 Å². The smallest absolute Gasteiger partial charge is 0.337 e. The zero-order valence-corrected chi connectivity index (χ0v) is 17.1. The van der Waals surface area contributed by atoms with Crippen molar-refractivity contribution in [2.24, 2.45) is 5.92 Å². The summed E-state index contributed by atoms with van der Waals surface area (Å²) in [6, 6.07) is 12.5. The molecule has 1 saturated heterocycles. The van der Waals surface area contributed by atoms with Crippen molar-refractivity contribution in [3.8, 4) is 11.4 Å². The molecule has 160 valence electrons. The standard InChI is InChI=1S/C23H22FN3O4/c1-30-23(29)18-4-2-3-17(14-18)22(28)27-11-9-15(10-12-27)13-20-25-21(26-31-20)16-5-7-19(24)8-6-16/h2-8,14-15H,9-13H2,1H3. The van der Waals surface area contributed by atoms with Gasteiger partial charge < -0.3 is 14.2 Å². The molecule has 0 radical (unpaired) electrons. The summed E-state index contributed by atoms with van der Waals surface area (Å²) >= 11 is 0. The first kappa shape index (κ1) is 20.7. The highest BCUT2D eigenvalue weighted by atomic mass is 19.1. The van der Waals surface area contributed by atoms with Crippen LogP contribution in [0.3, 0.4) is 0 Å². The summed E-state index contributed by atoms with van der Waals surface area (Å²) in [5, 5.41) is 3.98. The Morgan fingerprint density at radius 2 is 1.84 bits per heavy atom. The van der Waals surface area contributed by atoms with Crippen LogP contribution in [0.5, 0.6) is 0 Å². The van der Waals surface area contributed by atoms with Crippen LogP contribution in [0.15, 0.2) is 53.1 Å². The van der Waals surface area contributed by atoms with Crippen LogP contribution in [0.2, 0.25) is 0 Å². The fourth-order valence-electron chi connectivity index (χ4n) is 3.72. The van der Waals surface area contributed by atoms with Gasteiger partial charge in [0.1, 0.15) is 5.82 Å². The molecule has 0 aliphatic carbocycles. The summed E-state index contributed by atoms with van der Waals surface area (Å²) in [5.41, 5.74) is 1.53. The molecule has 2 heterocycles. The summed E-state index contributed by atoms with van der Waals surface area (Å²) in [6.45, 7) is 1.23. The van der Waals surface area contributed by atoms with Gasteiger partial charge in [-0.2, -0.15) is 4.98 Å². The van der Waals surface area contributed by atoms with Crippen molar-refractivity contribution in [2.45, 2.75) is 19.3 Å². The average molecular weight is 423 g/mol.